The van der Waals surface area contributed by atoms with E-state index in [1.54, 1.807) is 30.3 Å². The third kappa shape index (κ3) is 4.97. The zero-order chi connectivity index (χ0) is 22.3. The maximum absolute atomic E-state index is 12.8. The normalized spacial score (nSPS) is 11.1. The van der Waals surface area contributed by atoms with Gasteiger partial charge >= 0.3 is 0 Å². The maximum atomic E-state index is 12.8. The van der Waals surface area contributed by atoms with Crippen LogP contribution >= 0.6 is 11.6 Å². The predicted molar refractivity (Wildman–Crippen MR) is 128 cm³/mol. The second-order valence-corrected chi connectivity index (χ2v) is 7.54. The van der Waals surface area contributed by atoms with Crippen LogP contribution in [0.5, 0.6) is 5.75 Å². The summed E-state index contributed by atoms with van der Waals surface area (Å²) >= 11 is 6.00. The van der Waals surface area contributed by atoms with Gasteiger partial charge in [0.05, 0.1) is 0 Å². The number of nitrogens with one attached hydrogen (secondary N) is 1. The summed E-state index contributed by atoms with van der Waals surface area (Å²) in [6.45, 7) is 0.372. The van der Waals surface area contributed by atoms with Gasteiger partial charge in [-0.05, 0) is 46.7 Å². The van der Waals surface area contributed by atoms with Crippen LogP contribution in [0.4, 0.5) is 5.69 Å². The third-order valence-corrected chi connectivity index (χ3v) is 5.14. The Balaban J connectivity index is 1.70. The van der Waals surface area contributed by atoms with Crippen molar-refractivity contribution in [1.29, 1.82) is 5.26 Å². The summed E-state index contributed by atoms with van der Waals surface area (Å²) in [5.41, 5.74) is 2.18. The molecule has 0 saturated heterocycles. The molecule has 5 heteroatoms. The molecule has 0 fully saturated rings. The van der Waals surface area contributed by atoms with Crippen molar-refractivity contribution in [2.24, 2.45) is 0 Å². The summed E-state index contributed by atoms with van der Waals surface area (Å²) in [5, 5.41) is 14.8. The second-order valence-electron chi connectivity index (χ2n) is 7.11. The largest absolute Gasteiger partial charge is 0.488 e. The number of ether oxygens (including phenoxy) is 1. The Hall–Kier alpha value is -4.07. The highest BCUT2D eigenvalue weighted by Gasteiger charge is 2.14. The first-order chi connectivity index (χ1) is 15.6. The van der Waals surface area contributed by atoms with Crippen LogP contribution < -0.4 is 10.1 Å². The van der Waals surface area contributed by atoms with Gasteiger partial charge in [0.15, 0.2) is 0 Å². The highest BCUT2D eigenvalue weighted by Crippen LogP contribution is 2.31. The van der Waals surface area contributed by atoms with Gasteiger partial charge in [0, 0.05) is 16.3 Å². The standard InChI is InChI=1S/C27H19ClN2O2/c28-22-10-6-11-23(16-22)30-27(31)21(17-29)15-25-24-12-5-4-9-20(24)13-14-26(25)32-18-19-7-2-1-3-8-19/h1-16H,18H2,(H,30,31)/b21-15+. The molecule has 0 heterocycles. The van der Waals surface area contributed by atoms with Gasteiger partial charge in [0.1, 0.15) is 24.0 Å². The van der Waals surface area contributed by atoms with E-state index in [0.717, 1.165) is 16.3 Å². The molecule has 0 spiro atoms. The summed E-state index contributed by atoms with van der Waals surface area (Å²) in [7, 11) is 0. The maximum Gasteiger partial charge on any atom is 0.266 e. The molecule has 0 unspecified atom stereocenters. The molecule has 0 aliphatic rings. The van der Waals surface area contributed by atoms with Gasteiger partial charge in [-0.2, -0.15) is 5.26 Å². The van der Waals surface area contributed by atoms with E-state index in [9.17, 15) is 10.1 Å². The first-order valence-electron chi connectivity index (χ1n) is 10.0. The highest BCUT2D eigenvalue weighted by molar-refractivity contribution is 6.31. The average Bonchev–Trinajstić information content (AvgIpc) is 2.82. The van der Waals surface area contributed by atoms with Crippen molar-refractivity contribution in [3.05, 3.63) is 113 Å². The van der Waals surface area contributed by atoms with Crippen molar-refractivity contribution in [2.75, 3.05) is 5.32 Å². The van der Waals surface area contributed by atoms with Gasteiger partial charge in [-0.25, -0.2) is 0 Å². The van der Waals surface area contributed by atoms with Crippen LogP contribution in [0.2, 0.25) is 5.02 Å². The zero-order valence-electron chi connectivity index (χ0n) is 17.1. The number of hydrogen-bond acceptors (Lipinski definition) is 3. The molecule has 4 rings (SSSR count). The lowest BCUT2D eigenvalue weighted by molar-refractivity contribution is -0.112. The van der Waals surface area contributed by atoms with E-state index in [1.807, 2.05) is 72.8 Å². The topological polar surface area (TPSA) is 62.1 Å². The van der Waals surface area contributed by atoms with Crippen molar-refractivity contribution in [1.82, 2.24) is 0 Å². The Bertz CT molecular complexity index is 1340. The van der Waals surface area contributed by atoms with E-state index >= 15 is 0 Å². The lowest BCUT2D eigenvalue weighted by atomic mass is 10.0. The smallest absolute Gasteiger partial charge is 0.266 e. The Labute approximate surface area is 191 Å². The molecule has 0 aliphatic carbocycles. The van der Waals surface area contributed by atoms with Crippen LogP contribution in [0, 0.1) is 11.3 Å². The molecule has 0 saturated carbocycles. The number of nitriles is 1. The quantitative estimate of drug-likeness (QED) is 0.272. The Morgan fingerprint density at radius 3 is 2.53 bits per heavy atom. The van der Waals surface area contributed by atoms with Gasteiger partial charge in [-0.1, -0.05) is 78.3 Å². The minimum atomic E-state index is -0.517. The lowest BCUT2D eigenvalue weighted by Crippen LogP contribution is -2.13. The number of carbonyl (C=O) groups excluding carboxylic acids is 1. The van der Waals surface area contributed by atoms with Gasteiger partial charge in [0.25, 0.3) is 5.91 Å². The summed E-state index contributed by atoms with van der Waals surface area (Å²) in [5.74, 6) is 0.0765. The summed E-state index contributed by atoms with van der Waals surface area (Å²) in [4.78, 5) is 12.8. The molecule has 1 N–H and O–H groups in total. The van der Waals surface area contributed by atoms with Crippen LogP contribution in [0.1, 0.15) is 11.1 Å². The highest BCUT2D eigenvalue weighted by atomic mass is 35.5. The number of nitrogens with zero attached hydrogens (tertiary/aromatic N) is 1. The molecule has 156 valence electrons. The molecule has 4 aromatic carbocycles. The van der Waals surface area contributed by atoms with E-state index in [4.69, 9.17) is 16.3 Å². The SMILES string of the molecule is N#C/C(=C\c1c(OCc2ccccc2)ccc2ccccc12)C(=O)Nc1cccc(Cl)c1. The van der Waals surface area contributed by atoms with Crippen LogP contribution in [0.25, 0.3) is 16.8 Å². The molecule has 0 aliphatic heterocycles. The zero-order valence-corrected chi connectivity index (χ0v) is 17.8. The first-order valence-corrected chi connectivity index (χ1v) is 10.4. The Morgan fingerprint density at radius 1 is 0.969 bits per heavy atom. The van der Waals surface area contributed by atoms with Crippen LogP contribution in [-0.4, -0.2) is 5.91 Å². The van der Waals surface area contributed by atoms with Crippen molar-refractivity contribution in [3.8, 4) is 11.8 Å². The minimum Gasteiger partial charge on any atom is -0.488 e. The van der Waals surface area contributed by atoms with Gasteiger partial charge in [-0.15, -0.1) is 0 Å². The van der Waals surface area contributed by atoms with E-state index < -0.39 is 5.91 Å². The van der Waals surface area contributed by atoms with E-state index in [2.05, 4.69) is 5.32 Å². The number of amides is 1. The molecule has 0 radical (unpaired) electrons. The summed E-state index contributed by atoms with van der Waals surface area (Å²) in [6.07, 6.45) is 1.57. The molecular formula is C27H19ClN2O2. The number of halogens is 1. The summed E-state index contributed by atoms with van der Waals surface area (Å²) in [6, 6.07) is 30.2. The number of carbonyl (C=O) groups is 1. The van der Waals surface area contributed by atoms with Crippen molar-refractivity contribution in [2.45, 2.75) is 6.61 Å². The third-order valence-electron chi connectivity index (χ3n) is 4.90. The molecular weight excluding hydrogens is 420 g/mol. The fraction of sp³-hybridized carbons (Fsp3) is 0.0370. The number of rotatable bonds is 6. The molecule has 0 aromatic heterocycles. The Morgan fingerprint density at radius 2 is 1.75 bits per heavy atom. The fourth-order valence-corrected chi connectivity index (χ4v) is 3.53. The van der Waals surface area contributed by atoms with Crippen molar-refractivity contribution < 1.29 is 9.53 Å². The van der Waals surface area contributed by atoms with E-state index in [-0.39, 0.29) is 5.57 Å². The monoisotopic (exact) mass is 438 g/mol. The van der Waals surface area contributed by atoms with Gasteiger partial charge < -0.3 is 10.1 Å². The molecule has 4 nitrogen and oxygen atoms in total. The predicted octanol–water partition coefficient (Wildman–Crippen LogP) is 6.62. The van der Waals surface area contributed by atoms with Crippen molar-refractivity contribution >= 4 is 40.0 Å². The van der Waals surface area contributed by atoms with Crippen LogP contribution in [0.3, 0.4) is 0 Å². The van der Waals surface area contributed by atoms with Gasteiger partial charge in [-0.3, -0.25) is 4.79 Å². The van der Waals surface area contributed by atoms with Gasteiger partial charge in [0.2, 0.25) is 0 Å². The van der Waals surface area contributed by atoms with Crippen molar-refractivity contribution in [3.63, 3.8) is 0 Å². The average molecular weight is 439 g/mol. The van der Waals surface area contributed by atoms with E-state index in [0.29, 0.717) is 28.6 Å². The first kappa shape index (κ1) is 21.2. The van der Waals surface area contributed by atoms with Crippen LogP contribution in [-0.2, 0) is 11.4 Å². The lowest BCUT2D eigenvalue weighted by Gasteiger charge is -2.13. The molecule has 4 aromatic rings. The summed E-state index contributed by atoms with van der Waals surface area (Å²) < 4.78 is 6.09. The molecule has 1 amide bonds. The fourth-order valence-electron chi connectivity index (χ4n) is 3.34. The molecule has 32 heavy (non-hydrogen) atoms. The second kappa shape index (κ2) is 9.82. The minimum absolute atomic E-state index is 0.0362. The number of fused-ring (bicyclic) bond motifs is 1. The van der Waals surface area contributed by atoms with E-state index in [1.165, 1.54) is 0 Å². The number of hydrogen-bond donors (Lipinski definition) is 1. The molecule has 0 atom stereocenters. The van der Waals surface area contributed by atoms with Crippen LogP contribution in [0.15, 0.2) is 96.6 Å². The number of anilines is 1. The number of benzene rings is 4. The molecule has 0 bridgehead atoms. The Kier molecular flexibility index (Phi) is 6.50.